The third-order valence-corrected chi connectivity index (χ3v) is 3.47. The molecule has 0 radical (unpaired) electrons. The van der Waals surface area contributed by atoms with E-state index in [1.807, 2.05) is 42.5 Å². The van der Waals surface area contributed by atoms with E-state index in [1.165, 1.54) is 0 Å². The zero-order valence-corrected chi connectivity index (χ0v) is 13.4. The van der Waals surface area contributed by atoms with Crippen LogP contribution in [0.1, 0.15) is 21.5 Å². The average molecular weight is 308 g/mol. The molecule has 23 heavy (non-hydrogen) atoms. The van der Waals surface area contributed by atoms with E-state index in [2.05, 4.69) is 6.58 Å². The van der Waals surface area contributed by atoms with Gasteiger partial charge in [0.15, 0.2) is 5.78 Å². The van der Waals surface area contributed by atoms with Crippen LogP contribution in [-0.4, -0.2) is 20.0 Å². The third kappa shape index (κ3) is 4.33. The molecule has 2 rings (SSSR count). The molecular formula is C20H20O3. The maximum atomic E-state index is 12.2. The van der Waals surface area contributed by atoms with E-state index in [4.69, 9.17) is 9.47 Å². The Morgan fingerprint density at radius 2 is 1.83 bits per heavy atom. The smallest absolute Gasteiger partial charge is 0.185 e. The number of benzene rings is 2. The topological polar surface area (TPSA) is 35.5 Å². The van der Waals surface area contributed by atoms with E-state index in [1.54, 1.807) is 32.4 Å². The largest absolute Gasteiger partial charge is 0.497 e. The summed E-state index contributed by atoms with van der Waals surface area (Å²) in [6.45, 7) is 3.71. The van der Waals surface area contributed by atoms with E-state index < -0.39 is 0 Å². The molecule has 0 fully saturated rings. The van der Waals surface area contributed by atoms with Crippen molar-refractivity contribution in [1.29, 1.82) is 0 Å². The Hall–Kier alpha value is -2.81. The Morgan fingerprint density at radius 3 is 2.43 bits per heavy atom. The summed E-state index contributed by atoms with van der Waals surface area (Å²) in [6, 6.07) is 13.0. The van der Waals surface area contributed by atoms with Crippen LogP contribution in [0.4, 0.5) is 0 Å². The number of carbonyl (C=O) groups is 1. The van der Waals surface area contributed by atoms with Gasteiger partial charge in [-0.2, -0.15) is 0 Å². The lowest BCUT2D eigenvalue weighted by atomic mass is 10.1. The fourth-order valence-electron chi connectivity index (χ4n) is 2.19. The van der Waals surface area contributed by atoms with Crippen molar-refractivity contribution in [1.82, 2.24) is 0 Å². The van der Waals surface area contributed by atoms with Crippen LogP contribution in [0.15, 0.2) is 61.2 Å². The van der Waals surface area contributed by atoms with Gasteiger partial charge in [0.1, 0.15) is 11.5 Å². The van der Waals surface area contributed by atoms with Crippen molar-refractivity contribution in [3.05, 3.63) is 77.9 Å². The Morgan fingerprint density at radius 1 is 1.09 bits per heavy atom. The molecule has 0 unspecified atom stereocenters. The van der Waals surface area contributed by atoms with Crippen LogP contribution >= 0.6 is 0 Å². The highest BCUT2D eigenvalue weighted by Gasteiger charge is 2.05. The van der Waals surface area contributed by atoms with Crippen molar-refractivity contribution < 1.29 is 14.3 Å². The summed E-state index contributed by atoms with van der Waals surface area (Å²) in [7, 11) is 3.19. The first kappa shape index (κ1) is 16.6. The van der Waals surface area contributed by atoms with Gasteiger partial charge in [0.2, 0.25) is 0 Å². The van der Waals surface area contributed by atoms with E-state index in [-0.39, 0.29) is 5.78 Å². The molecule has 2 aromatic carbocycles. The second kappa shape index (κ2) is 7.99. The van der Waals surface area contributed by atoms with Gasteiger partial charge in [-0.25, -0.2) is 0 Å². The summed E-state index contributed by atoms with van der Waals surface area (Å²) in [5.41, 5.74) is 2.61. The maximum absolute atomic E-state index is 12.2. The molecule has 0 aliphatic carbocycles. The van der Waals surface area contributed by atoms with Crippen LogP contribution in [0, 0.1) is 0 Å². The number of hydrogen-bond donors (Lipinski definition) is 0. The molecule has 0 saturated heterocycles. The molecule has 118 valence electrons. The van der Waals surface area contributed by atoms with Crippen LogP contribution in [0.3, 0.4) is 0 Å². The number of rotatable bonds is 7. The molecule has 3 nitrogen and oxygen atoms in total. The third-order valence-electron chi connectivity index (χ3n) is 3.47. The molecule has 2 aromatic rings. The summed E-state index contributed by atoms with van der Waals surface area (Å²) in [6.07, 6.45) is 5.94. The predicted molar refractivity (Wildman–Crippen MR) is 93.3 cm³/mol. The zero-order valence-electron chi connectivity index (χ0n) is 13.4. The lowest BCUT2D eigenvalue weighted by Crippen LogP contribution is -1.95. The molecule has 0 saturated carbocycles. The fourth-order valence-corrected chi connectivity index (χ4v) is 2.19. The minimum atomic E-state index is -0.0481. The molecular weight excluding hydrogens is 288 g/mol. The Bertz CT molecular complexity index is 712. The SMILES string of the molecule is C=CCc1ccc(C(=O)C=Cc2ccc(OC)cc2OC)cc1. The van der Waals surface area contributed by atoms with E-state index in [0.29, 0.717) is 17.1 Å². The van der Waals surface area contributed by atoms with Crippen molar-refractivity contribution in [2.45, 2.75) is 6.42 Å². The van der Waals surface area contributed by atoms with Crippen molar-refractivity contribution in [2.75, 3.05) is 14.2 Å². The fraction of sp³-hybridized carbons (Fsp3) is 0.150. The highest BCUT2D eigenvalue weighted by Crippen LogP contribution is 2.25. The second-order valence-electron chi connectivity index (χ2n) is 5.00. The molecule has 0 heterocycles. The van der Waals surface area contributed by atoms with Gasteiger partial charge in [-0.15, -0.1) is 6.58 Å². The molecule has 0 aromatic heterocycles. The first-order valence-electron chi connectivity index (χ1n) is 7.32. The van der Waals surface area contributed by atoms with Gasteiger partial charge < -0.3 is 9.47 Å². The minimum Gasteiger partial charge on any atom is -0.497 e. The Labute approximate surface area is 136 Å². The normalized spacial score (nSPS) is 10.5. The highest BCUT2D eigenvalue weighted by atomic mass is 16.5. The lowest BCUT2D eigenvalue weighted by Gasteiger charge is -2.07. The molecule has 0 N–H and O–H groups in total. The number of allylic oxidation sites excluding steroid dienone is 2. The summed E-state index contributed by atoms with van der Waals surface area (Å²) >= 11 is 0. The molecule has 0 atom stereocenters. The summed E-state index contributed by atoms with van der Waals surface area (Å²) in [5, 5.41) is 0. The zero-order chi connectivity index (χ0) is 16.7. The van der Waals surface area contributed by atoms with E-state index >= 15 is 0 Å². The van der Waals surface area contributed by atoms with Gasteiger partial charge in [0, 0.05) is 17.2 Å². The van der Waals surface area contributed by atoms with Gasteiger partial charge in [-0.1, -0.05) is 30.3 Å². The Kier molecular flexibility index (Phi) is 5.75. The van der Waals surface area contributed by atoms with Crippen molar-refractivity contribution in [2.24, 2.45) is 0 Å². The van der Waals surface area contributed by atoms with Gasteiger partial charge in [-0.05, 0) is 36.3 Å². The standard InChI is InChI=1S/C20H20O3/c1-4-5-15-6-8-16(9-7-15)19(21)13-11-17-10-12-18(22-2)14-20(17)23-3/h4,6-14H,1,5H2,2-3H3. The predicted octanol–water partition coefficient (Wildman–Crippen LogP) is 4.33. The summed E-state index contributed by atoms with van der Waals surface area (Å²) < 4.78 is 10.5. The van der Waals surface area contributed by atoms with Gasteiger partial charge >= 0.3 is 0 Å². The minimum absolute atomic E-state index is 0.0481. The number of ketones is 1. The van der Waals surface area contributed by atoms with Crippen LogP contribution in [-0.2, 0) is 6.42 Å². The first-order chi connectivity index (χ1) is 11.2. The first-order valence-corrected chi connectivity index (χ1v) is 7.32. The van der Waals surface area contributed by atoms with Gasteiger partial charge in [0.05, 0.1) is 14.2 Å². The van der Waals surface area contributed by atoms with Crippen LogP contribution in [0.5, 0.6) is 11.5 Å². The molecule has 0 aliphatic heterocycles. The van der Waals surface area contributed by atoms with Gasteiger partial charge in [0.25, 0.3) is 0 Å². The van der Waals surface area contributed by atoms with E-state index in [0.717, 1.165) is 17.5 Å². The Balaban J connectivity index is 2.15. The van der Waals surface area contributed by atoms with Crippen LogP contribution < -0.4 is 9.47 Å². The number of ether oxygens (including phenoxy) is 2. The molecule has 0 bridgehead atoms. The second-order valence-corrected chi connectivity index (χ2v) is 5.00. The quantitative estimate of drug-likeness (QED) is 0.434. The molecule has 0 aliphatic rings. The maximum Gasteiger partial charge on any atom is 0.185 e. The molecule has 0 amide bonds. The van der Waals surface area contributed by atoms with Crippen LogP contribution in [0.2, 0.25) is 0 Å². The molecule has 3 heteroatoms. The van der Waals surface area contributed by atoms with Crippen LogP contribution in [0.25, 0.3) is 6.08 Å². The average Bonchev–Trinajstić information content (AvgIpc) is 2.60. The van der Waals surface area contributed by atoms with E-state index in [9.17, 15) is 4.79 Å². The number of hydrogen-bond acceptors (Lipinski definition) is 3. The van der Waals surface area contributed by atoms with Crippen molar-refractivity contribution in [3.8, 4) is 11.5 Å². The van der Waals surface area contributed by atoms with Crippen molar-refractivity contribution >= 4 is 11.9 Å². The monoisotopic (exact) mass is 308 g/mol. The summed E-state index contributed by atoms with van der Waals surface area (Å²) in [4.78, 5) is 12.2. The number of carbonyl (C=O) groups excluding carboxylic acids is 1. The van der Waals surface area contributed by atoms with Crippen molar-refractivity contribution in [3.63, 3.8) is 0 Å². The number of methoxy groups -OCH3 is 2. The highest BCUT2D eigenvalue weighted by molar-refractivity contribution is 6.06. The van der Waals surface area contributed by atoms with Gasteiger partial charge in [-0.3, -0.25) is 4.79 Å². The summed E-state index contributed by atoms with van der Waals surface area (Å²) in [5.74, 6) is 1.32. The lowest BCUT2D eigenvalue weighted by molar-refractivity contribution is 0.104. The molecule has 0 spiro atoms.